The van der Waals surface area contributed by atoms with E-state index in [2.05, 4.69) is 10.0 Å². The molecule has 148 valence electrons. The van der Waals surface area contributed by atoms with Gasteiger partial charge in [-0.05, 0) is 16.7 Å². The maximum absolute atomic E-state index is 10.4. The molecule has 1 aliphatic heterocycles. The number of aliphatic hydroxyl groups excluding tert-OH is 2. The predicted molar refractivity (Wildman–Crippen MR) is 101 cm³/mol. The number of nitrogens with zero attached hydrogens (tertiary/aromatic N) is 3. The zero-order valence-corrected chi connectivity index (χ0v) is 15.2. The van der Waals surface area contributed by atoms with Gasteiger partial charge in [-0.15, -0.1) is 0 Å². The molecular weight excluding hydrogens is 362 g/mol. The lowest BCUT2D eigenvalue weighted by atomic mass is 9.97. The van der Waals surface area contributed by atoms with Crippen LogP contribution in [0.2, 0.25) is 0 Å². The van der Waals surface area contributed by atoms with Gasteiger partial charge in [0.1, 0.15) is 18.2 Å². The number of hydrogen-bond donors (Lipinski definition) is 2. The SMILES string of the molecule is [N-]=[N+]=NC1[C@H](OCc2ccccc2)OC(COCc2ccccc2)[C@@H](O)[C@@H]1O. The maximum atomic E-state index is 10.4. The van der Waals surface area contributed by atoms with Crippen LogP contribution in [0, 0.1) is 0 Å². The van der Waals surface area contributed by atoms with Crippen LogP contribution >= 0.6 is 0 Å². The highest BCUT2D eigenvalue weighted by Gasteiger charge is 2.44. The van der Waals surface area contributed by atoms with Crippen LogP contribution in [0.1, 0.15) is 11.1 Å². The van der Waals surface area contributed by atoms with Crippen LogP contribution in [-0.4, -0.2) is 47.5 Å². The number of rotatable bonds is 8. The van der Waals surface area contributed by atoms with Gasteiger partial charge in [-0.1, -0.05) is 65.8 Å². The molecule has 28 heavy (non-hydrogen) atoms. The molecule has 0 aliphatic carbocycles. The Morgan fingerprint density at radius 1 is 0.929 bits per heavy atom. The third kappa shape index (κ3) is 5.30. The Hall–Kier alpha value is -2.45. The van der Waals surface area contributed by atoms with Crippen molar-refractivity contribution in [2.75, 3.05) is 6.61 Å². The molecule has 5 atom stereocenters. The first-order chi connectivity index (χ1) is 13.7. The predicted octanol–water partition coefficient (Wildman–Crippen LogP) is 2.55. The van der Waals surface area contributed by atoms with Crippen LogP contribution in [-0.2, 0) is 27.4 Å². The van der Waals surface area contributed by atoms with Crippen molar-refractivity contribution in [2.45, 2.75) is 43.9 Å². The van der Waals surface area contributed by atoms with Crippen LogP contribution < -0.4 is 0 Å². The molecule has 0 amide bonds. The van der Waals surface area contributed by atoms with Gasteiger partial charge in [0.25, 0.3) is 0 Å². The van der Waals surface area contributed by atoms with Gasteiger partial charge in [-0.3, -0.25) is 0 Å². The molecule has 0 bridgehead atoms. The molecule has 8 nitrogen and oxygen atoms in total. The van der Waals surface area contributed by atoms with Crippen molar-refractivity contribution >= 4 is 0 Å². The van der Waals surface area contributed by atoms with Crippen molar-refractivity contribution in [2.24, 2.45) is 5.11 Å². The van der Waals surface area contributed by atoms with E-state index in [1.54, 1.807) is 0 Å². The van der Waals surface area contributed by atoms with Crippen LogP contribution in [0.3, 0.4) is 0 Å². The quantitative estimate of drug-likeness (QED) is 0.411. The minimum absolute atomic E-state index is 0.0569. The van der Waals surface area contributed by atoms with Gasteiger partial charge in [-0.25, -0.2) is 0 Å². The van der Waals surface area contributed by atoms with E-state index in [9.17, 15) is 10.2 Å². The molecule has 1 heterocycles. The Morgan fingerprint density at radius 3 is 2.14 bits per heavy atom. The summed E-state index contributed by atoms with van der Waals surface area (Å²) in [6, 6.07) is 17.9. The van der Waals surface area contributed by atoms with E-state index in [0.29, 0.717) is 6.61 Å². The van der Waals surface area contributed by atoms with E-state index in [0.717, 1.165) is 11.1 Å². The molecule has 2 aromatic rings. The molecule has 2 N–H and O–H groups in total. The fourth-order valence-corrected chi connectivity index (χ4v) is 2.99. The molecule has 0 spiro atoms. The van der Waals surface area contributed by atoms with Gasteiger partial charge in [0, 0.05) is 4.91 Å². The van der Waals surface area contributed by atoms with Crippen molar-refractivity contribution in [1.82, 2.24) is 0 Å². The van der Waals surface area contributed by atoms with Crippen LogP contribution in [0.25, 0.3) is 10.4 Å². The molecule has 8 heteroatoms. The minimum Gasteiger partial charge on any atom is -0.390 e. The molecule has 2 unspecified atom stereocenters. The van der Waals surface area contributed by atoms with Crippen LogP contribution in [0.5, 0.6) is 0 Å². The Morgan fingerprint density at radius 2 is 1.54 bits per heavy atom. The Bertz CT molecular complexity index is 770. The third-order valence-electron chi connectivity index (χ3n) is 4.50. The summed E-state index contributed by atoms with van der Waals surface area (Å²) in [5, 5.41) is 24.3. The molecule has 1 saturated heterocycles. The third-order valence-corrected chi connectivity index (χ3v) is 4.50. The number of hydrogen-bond acceptors (Lipinski definition) is 6. The summed E-state index contributed by atoms with van der Waals surface area (Å²) in [7, 11) is 0. The topological polar surface area (TPSA) is 117 Å². The van der Waals surface area contributed by atoms with Crippen molar-refractivity contribution in [3.8, 4) is 0 Å². The van der Waals surface area contributed by atoms with Crippen molar-refractivity contribution < 1.29 is 24.4 Å². The van der Waals surface area contributed by atoms with Crippen molar-refractivity contribution in [3.63, 3.8) is 0 Å². The summed E-state index contributed by atoms with van der Waals surface area (Å²) in [5.41, 5.74) is 10.7. The van der Waals surface area contributed by atoms with Crippen molar-refractivity contribution in [1.29, 1.82) is 0 Å². The zero-order valence-electron chi connectivity index (χ0n) is 15.2. The summed E-state index contributed by atoms with van der Waals surface area (Å²) in [6.07, 6.45) is -4.40. The zero-order chi connectivity index (χ0) is 19.8. The molecule has 3 rings (SSSR count). The first kappa shape index (κ1) is 20.3. The number of benzene rings is 2. The van der Waals surface area contributed by atoms with E-state index in [-0.39, 0.29) is 13.2 Å². The Kier molecular flexibility index (Phi) is 7.39. The van der Waals surface area contributed by atoms with Gasteiger partial charge < -0.3 is 24.4 Å². The Labute approximate surface area is 162 Å². The molecule has 0 radical (unpaired) electrons. The summed E-state index contributed by atoms with van der Waals surface area (Å²) in [5.74, 6) is 0. The van der Waals surface area contributed by atoms with Crippen LogP contribution in [0.4, 0.5) is 0 Å². The van der Waals surface area contributed by atoms with E-state index in [1.165, 1.54) is 0 Å². The monoisotopic (exact) mass is 385 g/mol. The number of azide groups is 1. The Balaban J connectivity index is 1.62. The fourth-order valence-electron chi connectivity index (χ4n) is 2.99. The summed E-state index contributed by atoms with van der Waals surface area (Å²) >= 11 is 0. The van der Waals surface area contributed by atoms with E-state index < -0.39 is 30.6 Å². The standard InChI is InChI=1S/C20H23N3O5/c21-23-22-17-19(25)18(24)16(13-26-11-14-7-3-1-4-8-14)28-20(17)27-12-15-9-5-2-6-10-15/h1-10,16-20,24-25H,11-13H2/t16?,17?,18-,19-,20-/m1/s1. The van der Waals surface area contributed by atoms with Crippen molar-refractivity contribution in [3.05, 3.63) is 82.2 Å². The lowest BCUT2D eigenvalue weighted by Crippen LogP contribution is -2.58. The number of aliphatic hydroxyl groups is 2. The normalized spacial score (nSPS) is 27.1. The van der Waals surface area contributed by atoms with Crippen LogP contribution in [0.15, 0.2) is 65.8 Å². The molecule has 2 aromatic carbocycles. The lowest BCUT2D eigenvalue weighted by Gasteiger charge is -2.40. The highest BCUT2D eigenvalue weighted by atomic mass is 16.7. The summed E-state index contributed by atoms with van der Waals surface area (Å²) < 4.78 is 17.1. The summed E-state index contributed by atoms with van der Waals surface area (Å²) in [4.78, 5) is 2.74. The van der Waals surface area contributed by atoms with E-state index in [4.69, 9.17) is 19.7 Å². The second kappa shape index (κ2) is 10.2. The van der Waals surface area contributed by atoms with Gasteiger partial charge in [-0.2, -0.15) is 0 Å². The lowest BCUT2D eigenvalue weighted by molar-refractivity contribution is -0.271. The van der Waals surface area contributed by atoms with Gasteiger partial charge in [0.15, 0.2) is 6.29 Å². The smallest absolute Gasteiger partial charge is 0.169 e. The average molecular weight is 385 g/mol. The second-order valence-corrected chi connectivity index (χ2v) is 6.52. The highest BCUT2D eigenvalue weighted by molar-refractivity contribution is 5.14. The second-order valence-electron chi connectivity index (χ2n) is 6.52. The average Bonchev–Trinajstić information content (AvgIpc) is 2.74. The molecule has 0 aromatic heterocycles. The summed E-state index contributed by atoms with van der Waals surface area (Å²) in [6.45, 7) is 0.615. The molecule has 0 saturated carbocycles. The largest absolute Gasteiger partial charge is 0.390 e. The molecule has 1 fully saturated rings. The first-order valence-corrected chi connectivity index (χ1v) is 9.02. The van der Waals surface area contributed by atoms with Gasteiger partial charge >= 0.3 is 0 Å². The maximum Gasteiger partial charge on any atom is 0.169 e. The van der Waals surface area contributed by atoms with Gasteiger partial charge in [0.2, 0.25) is 0 Å². The number of ether oxygens (including phenoxy) is 3. The molecular formula is C20H23N3O5. The van der Waals surface area contributed by atoms with Gasteiger partial charge in [0.05, 0.1) is 25.9 Å². The molecule has 1 aliphatic rings. The fraction of sp³-hybridized carbons (Fsp3) is 0.400. The minimum atomic E-state index is -1.32. The first-order valence-electron chi connectivity index (χ1n) is 9.02. The van der Waals surface area contributed by atoms with E-state index >= 15 is 0 Å². The van der Waals surface area contributed by atoms with E-state index in [1.807, 2.05) is 60.7 Å². The highest BCUT2D eigenvalue weighted by Crippen LogP contribution is 2.26.